The summed E-state index contributed by atoms with van der Waals surface area (Å²) in [6, 6.07) is 7.60. The lowest BCUT2D eigenvalue weighted by molar-refractivity contribution is -0.143. The van der Waals surface area contributed by atoms with Crippen LogP contribution in [0.4, 0.5) is 0 Å². The van der Waals surface area contributed by atoms with Crippen molar-refractivity contribution in [1.29, 1.82) is 0 Å². The van der Waals surface area contributed by atoms with Crippen LogP contribution in [0.25, 0.3) is 0 Å². The molecule has 1 aromatic carbocycles. The Morgan fingerprint density at radius 1 is 1.18 bits per heavy atom. The van der Waals surface area contributed by atoms with Gasteiger partial charge in [-0.1, -0.05) is 18.2 Å². The van der Waals surface area contributed by atoms with Crippen LogP contribution < -0.4 is 4.74 Å². The van der Waals surface area contributed by atoms with Gasteiger partial charge in [-0.2, -0.15) is 0 Å². The van der Waals surface area contributed by atoms with E-state index < -0.39 is 0 Å². The molecule has 4 nitrogen and oxygen atoms in total. The predicted molar refractivity (Wildman–Crippen MR) is 62.0 cm³/mol. The highest BCUT2D eigenvalue weighted by molar-refractivity contribution is 5.81. The lowest BCUT2D eigenvalue weighted by Gasteiger charge is -2.35. The number of esters is 1. The number of nitrogens with zero attached hydrogens (tertiary/aromatic N) is 1. The van der Waals surface area contributed by atoms with Crippen molar-refractivity contribution in [2.75, 3.05) is 26.3 Å². The molecule has 2 aliphatic rings. The molecule has 2 heterocycles. The molecule has 90 valence electrons. The molecule has 0 bridgehead atoms. The summed E-state index contributed by atoms with van der Waals surface area (Å²) in [6.45, 7) is 3.01. The van der Waals surface area contributed by atoms with Gasteiger partial charge in [0.05, 0.1) is 13.2 Å². The molecule has 0 aliphatic carbocycles. The van der Waals surface area contributed by atoms with Gasteiger partial charge in [0.1, 0.15) is 11.8 Å². The number of morpholine rings is 1. The molecule has 0 spiro atoms. The lowest BCUT2D eigenvalue weighted by Crippen LogP contribution is -2.51. The summed E-state index contributed by atoms with van der Waals surface area (Å²) in [5, 5.41) is 0. The number of rotatable bonds is 1. The van der Waals surface area contributed by atoms with Crippen molar-refractivity contribution in [3.63, 3.8) is 0 Å². The zero-order valence-corrected chi connectivity index (χ0v) is 9.59. The number of ether oxygens (including phenoxy) is 2. The molecule has 1 saturated heterocycles. The fraction of sp³-hybridized carbons (Fsp3) is 0.462. The first-order valence-corrected chi connectivity index (χ1v) is 5.96. The molecule has 1 aromatic rings. The van der Waals surface area contributed by atoms with Crippen LogP contribution in [0.1, 0.15) is 5.56 Å². The molecule has 3 rings (SSSR count). The predicted octanol–water partition coefficient (Wildman–Crippen LogP) is 0.849. The third-order valence-electron chi connectivity index (χ3n) is 3.35. The Labute approximate surface area is 100 Å². The van der Waals surface area contributed by atoms with E-state index in [0.717, 1.165) is 25.1 Å². The van der Waals surface area contributed by atoms with E-state index in [1.807, 2.05) is 24.3 Å². The Balaban J connectivity index is 1.81. The maximum absolute atomic E-state index is 12.0. The standard InChI is InChI=1S/C13H15NO3/c15-13-11(14-5-7-16-8-6-14)9-10-3-1-2-4-12(10)17-13/h1-4,11H,5-9H2. The second-order valence-electron chi connectivity index (χ2n) is 4.40. The molecule has 0 N–H and O–H groups in total. The quantitative estimate of drug-likeness (QED) is 0.532. The molecule has 0 saturated carbocycles. The van der Waals surface area contributed by atoms with Gasteiger partial charge in [0.15, 0.2) is 0 Å². The van der Waals surface area contributed by atoms with Gasteiger partial charge in [-0.3, -0.25) is 4.90 Å². The first kappa shape index (κ1) is 10.7. The van der Waals surface area contributed by atoms with Gasteiger partial charge >= 0.3 is 5.97 Å². The Morgan fingerprint density at radius 3 is 2.76 bits per heavy atom. The Morgan fingerprint density at radius 2 is 1.94 bits per heavy atom. The van der Waals surface area contributed by atoms with E-state index in [-0.39, 0.29) is 12.0 Å². The molecule has 1 atom stereocenters. The van der Waals surface area contributed by atoms with Gasteiger partial charge < -0.3 is 9.47 Å². The van der Waals surface area contributed by atoms with Crippen LogP contribution >= 0.6 is 0 Å². The summed E-state index contributed by atoms with van der Waals surface area (Å²) in [6.07, 6.45) is 0.745. The number of para-hydroxylation sites is 1. The highest BCUT2D eigenvalue weighted by Gasteiger charge is 2.33. The van der Waals surface area contributed by atoms with Gasteiger partial charge in [0.2, 0.25) is 0 Å². The molecule has 0 aromatic heterocycles. The van der Waals surface area contributed by atoms with Gasteiger partial charge in [-0.25, -0.2) is 4.79 Å². The third-order valence-corrected chi connectivity index (χ3v) is 3.35. The number of carbonyl (C=O) groups is 1. The van der Waals surface area contributed by atoms with Gasteiger partial charge in [0, 0.05) is 19.5 Å². The van der Waals surface area contributed by atoms with Crippen LogP contribution in [-0.2, 0) is 16.0 Å². The fourth-order valence-corrected chi connectivity index (χ4v) is 2.41. The SMILES string of the molecule is O=C1Oc2ccccc2CC1N1CCOCC1. The number of carbonyl (C=O) groups excluding carboxylic acids is 1. The Hall–Kier alpha value is -1.39. The van der Waals surface area contributed by atoms with E-state index in [0.29, 0.717) is 19.0 Å². The smallest absolute Gasteiger partial charge is 0.329 e. The summed E-state index contributed by atoms with van der Waals surface area (Å²) in [5.41, 5.74) is 1.11. The topological polar surface area (TPSA) is 38.8 Å². The number of benzene rings is 1. The average molecular weight is 233 g/mol. The van der Waals surface area contributed by atoms with E-state index in [4.69, 9.17) is 9.47 Å². The van der Waals surface area contributed by atoms with Crippen LogP contribution in [0.3, 0.4) is 0 Å². The highest BCUT2D eigenvalue weighted by atomic mass is 16.5. The normalized spacial score (nSPS) is 25.2. The molecule has 2 aliphatic heterocycles. The van der Waals surface area contributed by atoms with Crippen LogP contribution in [0.2, 0.25) is 0 Å². The Bertz CT molecular complexity index is 426. The monoisotopic (exact) mass is 233 g/mol. The summed E-state index contributed by atoms with van der Waals surface area (Å²) in [4.78, 5) is 14.1. The second kappa shape index (κ2) is 4.47. The molecule has 1 fully saturated rings. The minimum absolute atomic E-state index is 0.134. The molecular weight excluding hydrogens is 218 g/mol. The molecule has 17 heavy (non-hydrogen) atoms. The molecule has 0 amide bonds. The third kappa shape index (κ3) is 2.06. The maximum atomic E-state index is 12.0. The lowest BCUT2D eigenvalue weighted by atomic mass is 10.0. The van der Waals surface area contributed by atoms with Gasteiger partial charge in [0.25, 0.3) is 0 Å². The van der Waals surface area contributed by atoms with Crippen molar-refractivity contribution in [1.82, 2.24) is 4.90 Å². The van der Waals surface area contributed by atoms with E-state index in [1.165, 1.54) is 0 Å². The van der Waals surface area contributed by atoms with Crippen LogP contribution in [0, 0.1) is 0 Å². The van der Waals surface area contributed by atoms with E-state index in [2.05, 4.69) is 4.90 Å². The first-order chi connectivity index (χ1) is 8.34. The minimum atomic E-state index is -0.145. The first-order valence-electron chi connectivity index (χ1n) is 5.96. The summed E-state index contributed by atoms with van der Waals surface area (Å²) in [5.74, 6) is 0.576. The summed E-state index contributed by atoms with van der Waals surface area (Å²) < 4.78 is 10.7. The zero-order chi connectivity index (χ0) is 11.7. The average Bonchev–Trinajstić information content (AvgIpc) is 2.39. The van der Waals surface area contributed by atoms with Crippen molar-refractivity contribution in [3.05, 3.63) is 29.8 Å². The maximum Gasteiger partial charge on any atom is 0.329 e. The van der Waals surface area contributed by atoms with E-state index >= 15 is 0 Å². The van der Waals surface area contributed by atoms with E-state index in [9.17, 15) is 4.79 Å². The molecule has 1 unspecified atom stereocenters. The summed E-state index contributed by atoms with van der Waals surface area (Å²) >= 11 is 0. The van der Waals surface area contributed by atoms with Crippen LogP contribution in [0.15, 0.2) is 24.3 Å². The second-order valence-corrected chi connectivity index (χ2v) is 4.40. The molecular formula is C13H15NO3. The Kier molecular flexibility index (Phi) is 2.82. The fourth-order valence-electron chi connectivity index (χ4n) is 2.41. The van der Waals surface area contributed by atoms with Crippen LogP contribution in [-0.4, -0.2) is 43.2 Å². The summed E-state index contributed by atoms with van der Waals surface area (Å²) in [7, 11) is 0. The van der Waals surface area contributed by atoms with Crippen LogP contribution in [0.5, 0.6) is 5.75 Å². The highest BCUT2D eigenvalue weighted by Crippen LogP contribution is 2.27. The van der Waals surface area contributed by atoms with Crippen molar-refractivity contribution in [2.24, 2.45) is 0 Å². The van der Waals surface area contributed by atoms with Crippen molar-refractivity contribution in [3.8, 4) is 5.75 Å². The molecule has 0 radical (unpaired) electrons. The zero-order valence-electron chi connectivity index (χ0n) is 9.59. The van der Waals surface area contributed by atoms with Crippen molar-refractivity contribution < 1.29 is 14.3 Å². The largest absolute Gasteiger partial charge is 0.425 e. The van der Waals surface area contributed by atoms with Gasteiger partial charge in [-0.05, 0) is 11.6 Å². The number of hydrogen-bond acceptors (Lipinski definition) is 4. The molecule has 4 heteroatoms. The number of hydrogen-bond donors (Lipinski definition) is 0. The minimum Gasteiger partial charge on any atom is -0.425 e. The van der Waals surface area contributed by atoms with Crippen molar-refractivity contribution >= 4 is 5.97 Å². The van der Waals surface area contributed by atoms with E-state index in [1.54, 1.807) is 0 Å². The van der Waals surface area contributed by atoms with Crippen molar-refractivity contribution in [2.45, 2.75) is 12.5 Å². The van der Waals surface area contributed by atoms with Gasteiger partial charge in [-0.15, -0.1) is 0 Å². The number of fused-ring (bicyclic) bond motifs is 1.